The van der Waals surface area contributed by atoms with Crippen molar-refractivity contribution in [1.29, 1.82) is 0 Å². The van der Waals surface area contributed by atoms with Crippen LogP contribution in [0.15, 0.2) is 58.0 Å². The Hall–Kier alpha value is -1.50. The molecule has 0 bridgehead atoms. The highest BCUT2D eigenvalue weighted by Crippen LogP contribution is 2.55. The van der Waals surface area contributed by atoms with Gasteiger partial charge in [-0.25, -0.2) is 0 Å². The SMILES string of the molecule is CN(C)c1ccc(C2(O)C(c3cccc(Br)c3)SC3=NCCCCN32)cc1. The Labute approximate surface area is 173 Å². The molecule has 0 aromatic heterocycles. The Kier molecular flexibility index (Phi) is 5.23. The summed E-state index contributed by atoms with van der Waals surface area (Å²) in [4.78, 5) is 8.96. The summed E-state index contributed by atoms with van der Waals surface area (Å²) in [5.41, 5.74) is 2.03. The molecule has 0 aliphatic carbocycles. The summed E-state index contributed by atoms with van der Waals surface area (Å²) in [5.74, 6) is 0. The van der Waals surface area contributed by atoms with E-state index in [1.54, 1.807) is 11.8 Å². The quantitative estimate of drug-likeness (QED) is 0.748. The zero-order valence-corrected chi connectivity index (χ0v) is 18.0. The van der Waals surface area contributed by atoms with E-state index in [0.29, 0.717) is 0 Å². The minimum absolute atomic E-state index is 0.128. The fraction of sp³-hybridized carbons (Fsp3) is 0.381. The maximum Gasteiger partial charge on any atom is 0.182 e. The van der Waals surface area contributed by atoms with Crippen LogP contribution in [0.25, 0.3) is 0 Å². The summed E-state index contributed by atoms with van der Waals surface area (Å²) in [7, 11) is 4.05. The fourth-order valence-corrected chi connectivity index (χ4v) is 5.63. The highest BCUT2D eigenvalue weighted by Gasteiger charge is 2.53. The van der Waals surface area contributed by atoms with E-state index in [-0.39, 0.29) is 5.25 Å². The van der Waals surface area contributed by atoms with Crippen LogP contribution in [0.4, 0.5) is 5.69 Å². The van der Waals surface area contributed by atoms with Gasteiger partial charge in [0.05, 0.1) is 5.25 Å². The number of benzene rings is 2. The largest absolute Gasteiger partial charge is 0.378 e. The van der Waals surface area contributed by atoms with Crippen LogP contribution in [0, 0.1) is 0 Å². The summed E-state index contributed by atoms with van der Waals surface area (Å²) < 4.78 is 1.02. The van der Waals surface area contributed by atoms with Gasteiger partial charge in [0.15, 0.2) is 10.9 Å². The molecular weight excluding hydrogens is 422 g/mol. The average Bonchev–Trinajstić information content (AvgIpc) is 2.81. The zero-order chi connectivity index (χ0) is 19.0. The average molecular weight is 446 g/mol. The number of amidine groups is 1. The molecule has 1 fully saturated rings. The first-order valence-electron chi connectivity index (χ1n) is 9.24. The highest BCUT2D eigenvalue weighted by molar-refractivity contribution is 9.10. The first-order valence-corrected chi connectivity index (χ1v) is 10.9. The lowest BCUT2D eigenvalue weighted by Gasteiger charge is -2.38. The molecule has 4 rings (SSSR count). The summed E-state index contributed by atoms with van der Waals surface area (Å²) in [6.07, 6.45) is 2.11. The second-order valence-corrected chi connectivity index (χ2v) is 9.23. The van der Waals surface area contributed by atoms with Crippen molar-refractivity contribution < 1.29 is 5.11 Å². The molecule has 0 saturated carbocycles. The molecule has 1 N–H and O–H groups in total. The van der Waals surface area contributed by atoms with Gasteiger partial charge in [0.2, 0.25) is 0 Å². The maximum absolute atomic E-state index is 12.1. The second-order valence-electron chi connectivity index (χ2n) is 7.24. The van der Waals surface area contributed by atoms with Crippen LogP contribution in [0.2, 0.25) is 0 Å². The van der Waals surface area contributed by atoms with Crippen molar-refractivity contribution in [2.75, 3.05) is 32.1 Å². The molecule has 2 aliphatic heterocycles. The number of aliphatic imine (C=N–C) groups is 1. The molecule has 0 spiro atoms. The summed E-state index contributed by atoms with van der Waals surface area (Å²) >= 11 is 5.25. The predicted octanol–water partition coefficient (Wildman–Crippen LogP) is 4.60. The molecule has 4 nitrogen and oxygen atoms in total. The number of thioether (sulfide) groups is 1. The molecule has 6 heteroatoms. The van der Waals surface area contributed by atoms with Crippen molar-refractivity contribution in [1.82, 2.24) is 4.90 Å². The molecular formula is C21H24BrN3OS. The number of rotatable bonds is 3. The molecule has 2 aromatic carbocycles. The summed E-state index contributed by atoms with van der Waals surface area (Å²) in [6, 6.07) is 16.5. The van der Waals surface area contributed by atoms with Gasteiger partial charge < -0.3 is 14.9 Å². The van der Waals surface area contributed by atoms with Crippen molar-refractivity contribution in [3.63, 3.8) is 0 Å². The van der Waals surface area contributed by atoms with E-state index in [2.05, 4.69) is 62.1 Å². The third-order valence-corrected chi connectivity index (χ3v) is 7.12. The van der Waals surface area contributed by atoms with Crippen molar-refractivity contribution >= 4 is 38.5 Å². The van der Waals surface area contributed by atoms with Crippen molar-refractivity contribution in [3.8, 4) is 0 Å². The van der Waals surface area contributed by atoms with Crippen LogP contribution in [-0.2, 0) is 5.72 Å². The number of nitrogens with zero attached hydrogens (tertiary/aromatic N) is 3. The smallest absolute Gasteiger partial charge is 0.182 e. The topological polar surface area (TPSA) is 39.1 Å². The van der Waals surface area contributed by atoms with E-state index in [4.69, 9.17) is 4.99 Å². The maximum atomic E-state index is 12.1. The third-order valence-electron chi connectivity index (χ3n) is 5.23. The van der Waals surface area contributed by atoms with Gasteiger partial charge in [-0.3, -0.25) is 4.99 Å². The van der Waals surface area contributed by atoms with Gasteiger partial charge in [0.25, 0.3) is 0 Å². The Morgan fingerprint density at radius 3 is 2.67 bits per heavy atom. The molecule has 142 valence electrons. The van der Waals surface area contributed by atoms with Crippen LogP contribution < -0.4 is 4.90 Å². The van der Waals surface area contributed by atoms with Crippen molar-refractivity contribution in [2.24, 2.45) is 4.99 Å². The van der Waals surface area contributed by atoms with Crippen LogP contribution >= 0.6 is 27.7 Å². The molecule has 27 heavy (non-hydrogen) atoms. The molecule has 2 aromatic rings. The third kappa shape index (κ3) is 3.39. The van der Waals surface area contributed by atoms with Gasteiger partial charge in [0.1, 0.15) is 0 Å². The van der Waals surface area contributed by atoms with Gasteiger partial charge in [-0.1, -0.05) is 52.0 Å². The summed E-state index contributed by atoms with van der Waals surface area (Å²) in [6.45, 7) is 1.65. The number of anilines is 1. The Balaban J connectivity index is 1.83. The van der Waals surface area contributed by atoms with Gasteiger partial charge >= 0.3 is 0 Å². The number of hydrogen-bond acceptors (Lipinski definition) is 5. The van der Waals surface area contributed by atoms with E-state index in [1.165, 1.54) is 0 Å². The minimum atomic E-state index is -1.11. The number of fused-ring (bicyclic) bond motifs is 1. The predicted molar refractivity (Wildman–Crippen MR) is 117 cm³/mol. The standard InChI is InChI=1S/C21H24BrN3OS/c1-24(2)18-10-8-16(9-11-18)21(26)19(15-6-5-7-17(22)14-15)27-20-23-12-3-4-13-25(20)21/h5-11,14,19,26H,3-4,12-13H2,1-2H3. The van der Waals surface area contributed by atoms with Gasteiger partial charge in [-0.15, -0.1) is 0 Å². The Morgan fingerprint density at radius 2 is 1.96 bits per heavy atom. The first-order chi connectivity index (χ1) is 13.0. The lowest BCUT2D eigenvalue weighted by atomic mass is 9.92. The summed E-state index contributed by atoms with van der Waals surface area (Å²) in [5, 5.41) is 12.9. The van der Waals surface area contributed by atoms with E-state index in [9.17, 15) is 5.11 Å². The van der Waals surface area contributed by atoms with Gasteiger partial charge in [0, 0.05) is 42.9 Å². The molecule has 1 saturated heterocycles. The molecule has 2 unspecified atom stereocenters. The highest BCUT2D eigenvalue weighted by atomic mass is 79.9. The molecule has 2 aliphatic rings. The van der Waals surface area contributed by atoms with E-state index in [0.717, 1.165) is 52.4 Å². The lowest BCUT2D eigenvalue weighted by molar-refractivity contribution is -0.0712. The van der Waals surface area contributed by atoms with Crippen LogP contribution in [0.3, 0.4) is 0 Å². The number of hydrogen-bond donors (Lipinski definition) is 1. The van der Waals surface area contributed by atoms with Gasteiger partial charge in [-0.2, -0.15) is 0 Å². The number of halogens is 1. The molecule has 0 radical (unpaired) electrons. The minimum Gasteiger partial charge on any atom is -0.378 e. The first kappa shape index (κ1) is 18.8. The van der Waals surface area contributed by atoms with Crippen molar-refractivity contribution in [3.05, 3.63) is 64.1 Å². The van der Waals surface area contributed by atoms with Crippen molar-refractivity contribution in [2.45, 2.75) is 23.8 Å². The van der Waals surface area contributed by atoms with E-state index < -0.39 is 5.72 Å². The van der Waals surface area contributed by atoms with Crippen LogP contribution in [-0.4, -0.2) is 42.4 Å². The van der Waals surface area contributed by atoms with E-state index >= 15 is 0 Å². The normalized spacial score (nSPS) is 25.0. The van der Waals surface area contributed by atoms with Gasteiger partial charge in [-0.05, 0) is 42.7 Å². The lowest BCUT2D eigenvalue weighted by Crippen LogP contribution is -2.46. The molecule has 2 heterocycles. The second kappa shape index (κ2) is 7.49. The fourth-order valence-electron chi connectivity index (χ4n) is 3.77. The zero-order valence-electron chi connectivity index (χ0n) is 15.6. The molecule has 0 amide bonds. The van der Waals surface area contributed by atoms with Crippen LogP contribution in [0.1, 0.15) is 29.2 Å². The molecule has 2 atom stereocenters. The Bertz CT molecular complexity index is 855. The van der Waals surface area contributed by atoms with E-state index in [1.807, 2.05) is 26.2 Å². The Morgan fingerprint density at radius 1 is 1.19 bits per heavy atom. The number of aliphatic hydroxyl groups is 1. The monoisotopic (exact) mass is 445 g/mol. The van der Waals surface area contributed by atoms with Crippen LogP contribution in [0.5, 0.6) is 0 Å².